The van der Waals surface area contributed by atoms with Crippen LogP contribution in [0.25, 0.3) is 0 Å². The van der Waals surface area contributed by atoms with Crippen molar-refractivity contribution < 1.29 is 14.1 Å². The Morgan fingerprint density at radius 2 is 2.23 bits per heavy atom. The predicted octanol–water partition coefficient (Wildman–Crippen LogP) is 0.769. The van der Waals surface area contributed by atoms with Crippen LogP contribution < -0.4 is 16.0 Å². The van der Waals surface area contributed by atoms with Crippen LogP contribution in [0, 0.1) is 12.8 Å². The lowest BCUT2D eigenvalue weighted by atomic mass is 9.95. The van der Waals surface area contributed by atoms with Crippen molar-refractivity contribution in [3.05, 3.63) is 11.8 Å². The van der Waals surface area contributed by atoms with Crippen LogP contribution in [0.2, 0.25) is 0 Å². The molecule has 0 spiro atoms. The van der Waals surface area contributed by atoms with Crippen molar-refractivity contribution in [2.24, 2.45) is 5.92 Å². The highest BCUT2D eigenvalue weighted by molar-refractivity contribution is 8.00. The van der Waals surface area contributed by atoms with E-state index in [9.17, 15) is 9.59 Å². The van der Waals surface area contributed by atoms with E-state index in [1.54, 1.807) is 13.0 Å². The van der Waals surface area contributed by atoms with Gasteiger partial charge in [0.25, 0.3) is 0 Å². The van der Waals surface area contributed by atoms with Gasteiger partial charge in [0.15, 0.2) is 5.82 Å². The monoisotopic (exact) mass is 326 g/mol. The van der Waals surface area contributed by atoms with Gasteiger partial charge >= 0.3 is 0 Å². The van der Waals surface area contributed by atoms with Gasteiger partial charge in [-0.3, -0.25) is 9.59 Å². The Hall–Kier alpha value is -1.54. The maximum atomic E-state index is 11.9. The van der Waals surface area contributed by atoms with E-state index in [-0.39, 0.29) is 29.4 Å². The molecule has 2 rings (SSSR count). The molecule has 0 aromatic carbocycles. The van der Waals surface area contributed by atoms with Crippen LogP contribution in [0.1, 0.15) is 19.1 Å². The van der Waals surface area contributed by atoms with E-state index in [2.05, 4.69) is 28.0 Å². The average Bonchev–Trinajstić information content (AvgIpc) is 2.86. The largest absolute Gasteiger partial charge is 0.360 e. The van der Waals surface area contributed by atoms with Gasteiger partial charge in [0.1, 0.15) is 5.76 Å². The molecule has 2 unspecified atom stereocenters. The minimum atomic E-state index is -0.196. The van der Waals surface area contributed by atoms with Gasteiger partial charge in [-0.15, -0.1) is 11.8 Å². The Kier molecular flexibility index (Phi) is 6.26. The summed E-state index contributed by atoms with van der Waals surface area (Å²) in [7, 11) is 0. The Morgan fingerprint density at radius 1 is 1.45 bits per heavy atom. The summed E-state index contributed by atoms with van der Waals surface area (Å²) in [6, 6.07) is 1.82. The number of anilines is 1. The van der Waals surface area contributed by atoms with E-state index in [0.29, 0.717) is 17.5 Å². The second kappa shape index (κ2) is 8.19. The maximum Gasteiger partial charge on any atom is 0.235 e. The van der Waals surface area contributed by atoms with Crippen LogP contribution in [0.5, 0.6) is 0 Å². The van der Waals surface area contributed by atoms with Gasteiger partial charge in [-0.1, -0.05) is 12.1 Å². The van der Waals surface area contributed by atoms with Crippen molar-refractivity contribution in [1.29, 1.82) is 0 Å². The van der Waals surface area contributed by atoms with Gasteiger partial charge in [-0.05, 0) is 25.8 Å². The number of thioether (sulfide) groups is 1. The first-order valence-corrected chi connectivity index (χ1v) is 8.51. The zero-order valence-electron chi connectivity index (χ0n) is 12.8. The number of nitrogens with one attached hydrogen (secondary N) is 3. The minimum absolute atomic E-state index is 0.0318. The molecule has 2 heterocycles. The van der Waals surface area contributed by atoms with Crippen molar-refractivity contribution in [2.75, 3.05) is 29.9 Å². The highest BCUT2D eigenvalue weighted by Gasteiger charge is 2.22. The third kappa shape index (κ3) is 5.34. The van der Waals surface area contributed by atoms with Gasteiger partial charge in [0.2, 0.25) is 11.8 Å². The summed E-state index contributed by atoms with van der Waals surface area (Å²) in [6.07, 6.45) is 1.07. The van der Waals surface area contributed by atoms with E-state index < -0.39 is 0 Å². The molecule has 1 saturated heterocycles. The van der Waals surface area contributed by atoms with Crippen LogP contribution in [0.4, 0.5) is 5.82 Å². The Morgan fingerprint density at radius 3 is 2.91 bits per heavy atom. The zero-order chi connectivity index (χ0) is 15.9. The molecule has 0 saturated carbocycles. The van der Waals surface area contributed by atoms with E-state index in [1.165, 1.54) is 11.8 Å². The lowest BCUT2D eigenvalue weighted by molar-refractivity contribution is -0.119. The van der Waals surface area contributed by atoms with Gasteiger partial charge < -0.3 is 20.5 Å². The van der Waals surface area contributed by atoms with Crippen LogP contribution >= 0.6 is 11.8 Å². The summed E-state index contributed by atoms with van der Waals surface area (Å²) in [6.45, 7) is 5.71. The summed E-state index contributed by atoms with van der Waals surface area (Å²) in [5, 5.41) is 12.6. The fraction of sp³-hybridized carbons (Fsp3) is 0.643. The molecule has 122 valence electrons. The number of carbonyl (C=O) groups is 2. The smallest absolute Gasteiger partial charge is 0.235 e. The lowest BCUT2D eigenvalue weighted by Gasteiger charge is -2.30. The van der Waals surface area contributed by atoms with Crippen molar-refractivity contribution in [2.45, 2.75) is 26.3 Å². The Balaban J connectivity index is 1.63. The third-order valence-corrected chi connectivity index (χ3v) is 4.47. The van der Waals surface area contributed by atoms with Gasteiger partial charge in [-0.25, -0.2) is 0 Å². The highest BCUT2D eigenvalue weighted by atomic mass is 32.2. The number of rotatable bonds is 6. The number of hydrogen-bond acceptors (Lipinski definition) is 6. The van der Waals surface area contributed by atoms with Crippen molar-refractivity contribution in [3.63, 3.8) is 0 Å². The van der Waals surface area contributed by atoms with Crippen molar-refractivity contribution in [1.82, 2.24) is 15.8 Å². The number of hydrogen-bond donors (Lipinski definition) is 3. The number of aromatic nitrogens is 1. The zero-order valence-corrected chi connectivity index (χ0v) is 13.7. The molecule has 0 radical (unpaired) electrons. The fourth-order valence-corrected chi connectivity index (χ4v) is 2.90. The number of amides is 2. The number of aryl methyl sites for hydroxylation is 1. The van der Waals surface area contributed by atoms with Crippen LogP contribution in [0.3, 0.4) is 0 Å². The summed E-state index contributed by atoms with van der Waals surface area (Å²) >= 11 is 1.28. The number of nitrogens with zero attached hydrogens (tertiary/aromatic N) is 1. The molecule has 0 bridgehead atoms. The quantitative estimate of drug-likeness (QED) is 0.714. The predicted molar refractivity (Wildman–Crippen MR) is 85.8 cm³/mol. The summed E-state index contributed by atoms with van der Waals surface area (Å²) in [5.74, 6) is 1.77. The molecular weight excluding hydrogens is 304 g/mol. The minimum Gasteiger partial charge on any atom is -0.360 e. The molecule has 8 heteroatoms. The summed E-state index contributed by atoms with van der Waals surface area (Å²) < 4.78 is 4.86. The van der Waals surface area contributed by atoms with Crippen LogP contribution in [0.15, 0.2) is 10.6 Å². The maximum absolute atomic E-state index is 11.9. The molecule has 7 nitrogen and oxygen atoms in total. The van der Waals surface area contributed by atoms with E-state index in [4.69, 9.17) is 4.52 Å². The second-order valence-corrected chi connectivity index (χ2v) is 6.49. The first kappa shape index (κ1) is 16.8. The van der Waals surface area contributed by atoms with Crippen LogP contribution in [-0.4, -0.2) is 47.6 Å². The first-order valence-electron chi connectivity index (χ1n) is 7.35. The molecule has 1 aromatic rings. The molecule has 1 aliphatic rings. The van der Waals surface area contributed by atoms with Gasteiger partial charge in [0, 0.05) is 18.7 Å². The molecular formula is C14H22N4O3S. The van der Waals surface area contributed by atoms with Crippen molar-refractivity contribution >= 4 is 29.4 Å². The SMILES string of the molecule is Cc1cc(NC(=O)CSCC(=O)NC2CNCCC2C)no1. The van der Waals surface area contributed by atoms with Gasteiger partial charge in [0.05, 0.1) is 11.5 Å². The van der Waals surface area contributed by atoms with E-state index >= 15 is 0 Å². The molecule has 3 N–H and O–H groups in total. The Bertz CT molecular complexity index is 520. The van der Waals surface area contributed by atoms with E-state index in [0.717, 1.165) is 19.5 Å². The first-order chi connectivity index (χ1) is 10.5. The molecule has 0 aliphatic carbocycles. The molecule has 1 fully saturated rings. The fourth-order valence-electron chi connectivity index (χ4n) is 2.27. The molecule has 1 aromatic heterocycles. The van der Waals surface area contributed by atoms with E-state index in [1.807, 2.05) is 0 Å². The average molecular weight is 326 g/mol. The summed E-state index contributed by atoms with van der Waals surface area (Å²) in [4.78, 5) is 23.6. The summed E-state index contributed by atoms with van der Waals surface area (Å²) in [5.41, 5.74) is 0. The molecule has 2 atom stereocenters. The standard InChI is InChI=1S/C14H22N4O3S/c1-9-3-4-15-6-11(9)16-13(19)7-22-8-14(20)17-12-5-10(2)21-18-12/h5,9,11,15H,3-4,6-8H2,1-2H3,(H,16,19)(H,17,18,20). The third-order valence-electron chi connectivity index (χ3n) is 3.54. The molecule has 2 amide bonds. The topological polar surface area (TPSA) is 96.3 Å². The Labute approximate surface area is 134 Å². The number of piperidine rings is 1. The van der Waals surface area contributed by atoms with Gasteiger partial charge in [-0.2, -0.15) is 0 Å². The van der Waals surface area contributed by atoms with Crippen molar-refractivity contribution in [3.8, 4) is 0 Å². The lowest BCUT2D eigenvalue weighted by Crippen LogP contribution is -2.50. The number of carbonyl (C=O) groups excluding carboxylic acids is 2. The molecule has 1 aliphatic heterocycles. The normalized spacial score (nSPS) is 21.4. The second-order valence-electron chi connectivity index (χ2n) is 5.51. The molecule has 22 heavy (non-hydrogen) atoms. The van der Waals surface area contributed by atoms with Crippen LogP contribution in [-0.2, 0) is 9.59 Å². The highest BCUT2D eigenvalue weighted by Crippen LogP contribution is 2.12.